The van der Waals surface area contributed by atoms with Gasteiger partial charge in [-0.15, -0.1) is 22.7 Å². The van der Waals surface area contributed by atoms with E-state index in [0.717, 1.165) is 16.3 Å². The van der Waals surface area contributed by atoms with E-state index in [0.29, 0.717) is 22.4 Å². The van der Waals surface area contributed by atoms with Crippen LogP contribution < -0.4 is 5.32 Å². The van der Waals surface area contributed by atoms with Crippen molar-refractivity contribution in [2.24, 2.45) is 0 Å². The molecule has 0 unspecified atom stereocenters. The predicted octanol–water partition coefficient (Wildman–Crippen LogP) is 3.99. The summed E-state index contributed by atoms with van der Waals surface area (Å²) in [5, 5.41) is 6.42. The van der Waals surface area contributed by atoms with Crippen molar-refractivity contribution in [1.82, 2.24) is 4.98 Å². The highest BCUT2D eigenvalue weighted by molar-refractivity contribution is 7.18. The number of esters is 1. The zero-order valence-corrected chi connectivity index (χ0v) is 15.3. The molecule has 124 valence electrons. The molecule has 0 aliphatic heterocycles. The van der Waals surface area contributed by atoms with Gasteiger partial charge < -0.3 is 10.1 Å². The molecule has 2 aromatic rings. The van der Waals surface area contributed by atoms with Crippen LogP contribution in [0.2, 0.25) is 0 Å². The number of hydrogen-bond donors (Lipinski definition) is 1. The molecule has 2 aromatic heterocycles. The van der Waals surface area contributed by atoms with E-state index in [4.69, 9.17) is 4.74 Å². The van der Waals surface area contributed by atoms with Gasteiger partial charge in [-0.25, -0.2) is 9.78 Å². The summed E-state index contributed by atoms with van der Waals surface area (Å²) >= 11 is 2.80. The van der Waals surface area contributed by atoms with Crippen LogP contribution in [0.3, 0.4) is 0 Å². The average Bonchev–Trinajstić information content (AvgIpc) is 3.06. The Morgan fingerprint density at radius 2 is 2.13 bits per heavy atom. The number of carbonyl (C=O) groups excluding carboxylic acids is 2. The van der Waals surface area contributed by atoms with Gasteiger partial charge in [0.1, 0.15) is 4.88 Å². The molecule has 0 aliphatic rings. The minimum Gasteiger partial charge on any atom is -0.462 e. The highest BCUT2D eigenvalue weighted by Crippen LogP contribution is 2.27. The van der Waals surface area contributed by atoms with Crippen molar-refractivity contribution in [3.63, 3.8) is 0 Å². The van der Waals surface area contributed by atoms with E-state index >= 15 is 0 Å². The van der Waals surface area contributed by atoms with Gasteiger partial charge in [-0.1, -0.05) is 13.8 Å². The molecule has 0 radical (unpaired) electrons. The number of amides is 1. The zero-order chi connectivity index (χ0) is 17.0. The summed E-state index contributed by atoms with van der Waals surface area (Å²) in [4.78, 5) is 28.9. The highest BCUT2D eigenvalue weighted by Gasteiger charge is 2.16. The Bertz CT molecular complexity index is 704. The first-order chi connectivity index (χ1) is 10.9. The van der Waals surface area contributed by atoms with Crippen LogP contribution in [0.25, 0.3) is 0 Å². The average molecular weight is 352 g/mol. The third-order valence-electron chi connectivity index (χ3n) is 3.05. The maximum Gasteiger partial charge on any atom is 0.348 e. The van der Waals surface area contributed by atoms with Crippen LogP contribution in [0.5, 0.6) is 0 Å². The number of anilines is 1. The second-order valence-corrected chi connectivity index (χ2v) is 7.34. The van der Waals surface area contributed by atoms with Gasteiger partial charge in [0.25, 0.3) is 0 Å². The predicted molar refractivity (Wildman–Crippen MR) is 93.5 cm³/mol. The summed E-state index contributed by atoms with van der Waals surface area (Å²) in [6.07, 6.45) is 0.231. The molecule has 1 amide bonds. The van der Waals surface area contributed by atoms with E-state index in [2.05, 4.69) is 24.1 Å². The van der Waals surface area contributed by atoms with E-state index in [1.165, 1.54) is 11.3 Å². The van der Waals surface area contributed by atoms with Gasteiger partial charge in [0, 0.05) is 11.3 Å². The first-order valence-electron chi connectivity index (χ1n) is 7.42. The van der Waals surface area contributed by atoms with Crippen LogP contribution in [0.15, 0.2) is 11.4 Å². The van der Waals surface area contributed by atoms with Gasteiger partial charge in [-0.2, -0.15) is 0 Å². The molecule has 0 spiro atoms. The summed E-state index contributed by atoms with van der Waals surface area (Å²) in [7, 11) is 0. The highest BCUT2D eigenvalue weighted by atomic mass is 32.1. The number of nitrogens with zero attached hydrogens (tertiary/aromatic N) is 1. The number of thiazole rings is 1. The molecule has 0 aliphatic carbocycles. The van der Waals surface area contributed by atoms with Crippen LogP contribution in [0, 0.1) is 6.92 Å². The maximum atomic E-state index is 12.1. The molecule has 2 rings (SSSR count). The van der Waals surface area contributed by atoms with Crippen LogP contribution in [0.1, 0.15) is 52.6 Å². The minimum absolute atomic E-state index is 0.137. The Balaban J connectivity index is 2.00. The van der Waals surface area contributed by atoms with Crippen molar-refractivity contribution in [3.8, 4) is 0 Å². The topological polar surface area (TPSA) is 68.3 Å². The smallest absolute Gasteiger partial charge is 0.348 e. The molecule has 7 heteroatoms. The van der Waals surface area contributed by atoms with Crippen molar-refractivity contribution in [2.45, 2.75) is 40.0 Å². The Morgan fingerprint density at radius 1 is 1.39 bits per heavy atom. The Kier molecular flexibility index (Phi) is 5.90. The Hall–Kier alpha value is -1.73. The fourth-order valence-corrected chi connectivity index (χ4v) is 3.78. The van der Waals surface area contributed by atoms with Gasteiger partial charge in [0.2, 0.25) is 5.91 Å². The molecule has 2 heterocycles. The van der Waals surface area contributed by atoms with E-state index in [-0.39, 0.29) is 18.3 Å². The lowest BCUT2D eigenvalue weighted by Crippen LogP contribution is -2.13. The number of aromatic nitrogens is 1. The fourth-order valence-electron chi connectivity index (χ4n) is 1.96. The summed E-state index contributed by atoms with van der Waals surface area (Å²) in [5.41, 5.74) is 1.58. The summed E-state index contributed by atoms with van der Waals surface area (Å²) in [6, 6.07) is 1.79. The second kappa shape index (κ2) is 7.70. The molecule has 0 fully saturated rings. The van der Waals surface area contributed by atoms with Crippen molar-refractivity contribution in [2.75, 3.05) is 11.9 Å². The largest absolute Gasteiger partial charge is 0.462 e. The van der Waals surface area contributed by atoms with E-state index in [1.807, 2.05) is 12.3 Å². The van der Waals surface area contributed by atoms with Crippen molar-refractivity contribution in [3.05, 3.63) is 32.6 Å². The number of ether oxygens (including phenoxy) is 1. The minimum atomic E-state index is -0.350. The molecular formula is C16H20N2O3S2. The molecule has 23 heavy (non-hydrogen) atoms. The van der Waals surface area contributed by atoms with E-state index < -0.39 is 0 Å². The van der Waals surface area contributed by atoms with Crippen molar-refractivity contribution < 1.29 is 14.3 Å². The Morgan fingerprint density at radius 3 is 2.74 bits per heavy atom. The van der Waals surface area contributed by atoms with Crippen LogP contribution in [0.4, 0.5) is 5.00 Å². The number of carbonyl (C=O) groups is 2. The summed E-state index contributed by atoms with van der Waals surface area (Å²) in [6.45, 7) is 8.08. The third-order valence-corrected chi connectivity index (χ3v) is 5.37. The first kappa shape index (κ1) is 17.6. The quantitative estimate of drug-likeness (QED) is 0.798. The monoisotopic (exact) mass is 352 g/mol. The normalized spacial score (nSPS) is 10.8. The van der Waals surface area contributed by atoms with Crippen LogP contribution in [-0.2, 0) is 16.0 Å². The maximum absolute atomic E-state index is 12.1. The number of nitrogens with one attached hydrogen (secondary N) is 1. The molecule has 0 atom stereocenters. The number of hydrogen-bond acceptors (Lipinski definition) is 6. The molecular weight excluding hydrogens is 332 g/mol. The standard InChI is InChI=1S/C16H20N2O3S2/c1-5-21-16(20)14-10(4)6-13(23-14)18-12(19)7-11-8-22-15(17-11)9(2)3/h6,8-9H,5,7H2,1-4H3,(H,18,19). The molecule has 0 saturated heterocycles. The molecule has 0 saturated carbocycles. The number of aryl methyl sites for hydroxylation is 1. The van der Waals surface area contributed by atoms with Crippen LogP contribution in [-0.4, -0.2) is 23.5 Å². The first-order valence-corrected chi connectivity index (χ1v) is 9.12. The number of rotatable bonds is 6. The van der Waals surface area contributed by atoms with Gasteiger partial charge in [-0.3, -0.25) is 4.79 Å². The lowest BCUT2D eigenvalue weighted by molar-refractivity contribution is -0.115. The Labute approximate surface area is 143 Å². The summed E-state index contributed by atoms with van der Waals surface area (Å²) < 4.78 is 5.00. The molecule has 1 N–H and O–H groups in total. The lowest BCUT2D eigenvalue weighted by atomic mass is 10.2. The van der Waals surface area contributed by atoms with Crippen molar-refractivity contribution in [1.29, 1.82) is 0 Å². The van der Waals surface area contributed by atoms with Gasteiger partial charge in [0.15, 0.2) is 0 Å². The lowest BCUT2D eigenvalue weighted by Gasteiger charge is -2.01. The van der Waals surface area contributed by atoms with Crippen LogP contribution >= 0.6 is 22.7 Å². The van der Waals surface area contributed by atoms with Gasteiger partial charge >= 0.3 is 5.97 Å². The van der Waals surface area contributed by atoms with Gasteiger partial charge in [0.05, 0.1) is 28.7 Å². The third kappa shape index (κ3) is 4.62. The van der Waals surface area contributed by atoms with Gasteiger partial charge in [-0.05, 0) is 25.5 Å². The van der Waals surface area contributed by atoms with Crippen molar-refractivity contribution >= 4 is 39.6 Å². The second-order valence-electron chi connectivity index (χ2n) is 5.40. The van der Waals surface area contributed by atoms with E-state index in [1.54, 1.807) is 24.3 Å². The van der Waals surface area contributed by atoms with E-state index in [9.17, 15) is 9.59 Å². The molecule has 0 bridgehead atoms. The SMILES string of the molecule is CCOC(=O)c1sc(NC(=O)Cc2csc(C(C)C)n2)cc1C. The summed E-state index contributed by atoms with van der Waals surface area (Å²) in [5.74, 6) is -0.122. The zero-order valence-electron chi connectivity index (χ0n) is 13.6. The number of thiophene rings is 1. The molecule has 5 nitrogen and oxygen atoms in total. The molecule has 0 aromatic carbocycles. The fraction of sp³-hybridized carbons (Fsp3) is 0.438.